The largest absolute Gasteiger partial charge is 0.381 e. The first-order chi connectivity index (χ1) is 18.5. The number of nitrogens with zero attached hydrogens (tertiary/aromatic N) is 4. The highest BCUT2D eigenvalue weighted by Gasteiger charge is 2.33. The van der Waals surface area contributed by atoms with Gasteiger partial charge in [0.05, 0.1) is 43.0 Å². The smallest absolute Gasteiger partial charge is 0.317 e. The van der Waals surface area contributed by atoms with Gasteiger partial charge in [-0.05, 0) is 43.5 Å². The van der Waals surface area contributed by atoms with Gasteiger partial charge in [-0.25, -0.2) is 4.79 Å². The van der Waals surface area contributed by atoms with Gasteiger partial charge < -0.3 is 25.2 Å². The highest BCUT2D eigenvalue weighted by Crippen LogP contribution is 2.35. The van der Waals surface area contributed by atoms with E-state index in [1.54, 1.807) is 11.9 Å². The van der Waals surface area contributed by atoms with Gasteiger partial charge in [0.1, 0.15) is 11.5 Å². The van der Waals surface area contributed by atoms with E-state index in [0.717, 1.165) is 84.7 Å². The fourth-order valence-corrected chi connectivity index (χ4v) is 5.67. The first-order valence-corrected chi connectivity index (χ1v) is 13.5. The molecule has 5 rings (SSSR count). The number of carbonyl (C=O) groups excluding carboxylic acids is 1. The Morgan fingerprint density at radius 1 is 1.24 bits per heavy atom. The molecule has 38 heavy (non-hydrogen) atoms. The van der Waals surface area contributed by atoms with Crippen molar-refractivity contribution < 1.29 is 14.8 Å². The molecule has 0 aliphatic carbocycles. The van der Waals surface area contributed by atoms with Gasteiger partial charge in [-0.15, -0.1) is 0 Å². The first kappa shape index (κ1) is 25.9. The minimum Gasteiger partial charge on any atom is -0.381 e. The number of hydrogen-bond donors (Lipinski definition) is 3. The fourth-order valence-electron chi connectivity index (χ4n) is 5.67. The molecule has 4 heterocycles. The van der Waals surface area contributed by atoms with Crippen LogP contribution in [0.5, 0.6) is 0 Å². The molecule has 0 bridgehead atoms. The molecule has 0 spiro atoms. The first-order valence-electron chi connectivity index (χ1n) is 13.5. The highest BCUT2D eigenvalue weighted by molar-refractivity contribution is 6.09. The van der Waals surface area contributed by atoms with Crippen LogP contribution in [0.25, 0.3) is 11.1 Å². The number of carbonyl (C=O) groups is 1. The number of aromatic nitrogens is 1. The van der Waals surface area contributed by atoms with Gasteiger partial charge in [0.2, 0.25) is 0 Å². The number of nitriles is 1. The molecule has 0 saturated carbocycles. The Morgan fingerprint density at radius 2 is 2.05 bits per heavy atom. The molecule has 2 amide bonds. The third-order valence-corrected chi connectivity index (χ3v) is 7.83. The summed E-state index contributed by atoms with van der Waals surface area (Å²) in [6.45, 7) is 5.22. The molecular formula is C29H36N7O2+. The van der Waals surface area contributed by atoms with Crippen LogP contribution in [0.3, 0.4) is 0 Å². The van der Waals surface area contributed by atoms with Crippen LogP contribution in [0.1, 0.15) is 42.5 Å². The molecule has 9 heteroatoms. The number of benzene rings is 1. The summed E-state index contributed by atoms with van der Waals surface area (Å²) in [6.07, 6.45) is 6.32. The maximum atomic E-state index is 12.5. The van der Waals surface area contributed by atoms with Crippen LogP contribution >= 0.6 is 0 Å². The summed E-state index contributed by atoms with van der Waals surface area (Å²) in [5.74, 6) is 0.423. The fraction of sp³-hybridized carbons (Fsp3) is 0.448. The van der Waals surface area contributed by atoms with E-state index in [4.69, 9.17) is 4.74 Å². The van der Waals surface area contributed by atoms with Crippen LogP contribution in [0.2, 0.25) is 0 Å². The van der Waals surface area contributed by atoms with Crippen LogP contribution in [-0.2, 0) is 11.2 Å². The number of anilines is 1. The van der Waals surface area contributed by atoms with Gasteiger partial charge in [0, 0.05) is 68.1 Å². The van der Waals surface area contributed by atoms with Gasteiger partial charge in [-0.2, -0.15) is 5.26 Å². The summed E-state index contributed by atoms with van der Waals surface area (Å²) >= 11 is 0. The Balaban J connectivity index is 1.50. The number of nitrogens with one attached hydrogen (secondary N) is 2. The summed E-state index contributed by atoms with van der Waals surface area (Å²) in [7, 11) is 1.65. The maximum Gasteiger partial charge on any atom is 0.317 e. The van der Waals surface area contributed by atoms with Gasteiger partial charge in [0.25, 0.3) is 0 Å². The number of urea groups is 1. The van der Waals surface area contributed by atoms with Crippen molar-refractivity contribution in [2.75, 3.05) is 44.8 Å². The standard InChI is InChI=1S/C29H35N7O2/c1-19-5-6-21(17-33-19)24-14-20-4-3-10-36(27(20)15-22(24)16-30)28(31)25-18-35(29(37)32-2)11-7-26(25)34-23-8-12-38-13-9-23/h5-6,14-15,17,23,31,34H,3-4,7-13,18H2,1-2H3,(H,32,37)/p+1. The number of aryl methyl sites for hydroxylation is 2. The lowest BCUT2D eigenvalue weighted by Crippen LogP contribution is -2.89. The van der Waals surface area contributed by atoms with Crippen LogP contribution < -0.4 is 15.5 Å². The normalized spacial score (nSPS) is 18.1. The van der Waals surface area contributed by atoms with Gasteiger partial charge in [-0.3, -0.25) is 10.4 Å². The lowest BCUT2D eigenvalue weighted by molar-refractivity contribution is -0.651. The maximum absolute atomic E-state index is 12.5. The molecule has 0 unspecified atom stereocenters. The average molecular weight is 515 g/mol. The van der Waals surface area contributed by atoms with Crippen LogP contribution in [-0.4, -0.2) is 67.7 Å². The molecule has 3 aliphatic rings. The molecule has 1 saturated heterocycles. The zero-order valence-corrected chi connectivity index (χ0v) is 22.2. The minimum atomic E-state index is -0.123. The van der Waals surface area contributed by atoms with Crippen molar-refractivity contribution in [3.63, 3.8) is 0 Å². The van der Waals surface area contributed by atoms with Crippen LogP contribution in [0, 0.1) is 23.7 Å². The number of fused-ring (bicyclic) bond motifs is 1. The van der Waals surface area contributed by atoms with Crippen molar-refractivity contribution in [1.82, 2.24) is 15.2 Å². The summed E-state index contributed by atoms with van der Waals surface area (Å²) in [5, 5.41) is 24.5. The predicted octanol–water partition coefficient (Wildman–Crippen LogP) is 2.70. The van der Waals surface area contributed by atoms with Crippen molar-refractivity contribution in [3.8, 4) is 17.2 Å². The molecule has 0 atom stereocenters. The van der Waals surface area contributed by atoms with E-state index in [9.17, 15) is 15.5 Å². The number of amidine groups is 1. The Bertz CT molecular complexity index is 1290. The number of quaternary nitrogens is 1. The van der Waals surface area contributed by atoms with Crippen molar-refractivity contribution in [1.29, 1.82) is 10.7 Å². The van der Waals surface area contributed by atoms with Gasteiger partial charge >= 0.3 is 6.03 Å². The molecule has 9 nitrogen and oxygen atoms in total. The monoisotopic (exact) mass is 514 g/mol. The predicted molar refractivity (Wildman–Crippen MR) is 146 cm³/mol. The lowest BCUT2D eigenvalue weighted by atomic mass is 9.92. The van der Waals surface area contributed by atoms with E-state index < -0.39 is 0 Å². The van der Waals surface area contributed by atoms with E-state index in [0.29, 0.717) is 37.1 Å². The zero-order valence-electron chi connectivity index (χ0n) is 22.2. The number of ether oxygens (including phenoxy) is 1. The summed E-state index contributed by atoms with van der Waals surface area (Å²) in [4.78, 5) is 20.8. The summed E-state index contributed by atoms with van der Waals surface area (Å²) in [5.41, 5.74) is 7.41. The quantitative estimate of drug-likeness (QED) is 0.428. The molecule has 2 aromatic rings. The van der Waals surface area contributed by atoms with Gasteiger partial charge in [0.15, 0.2) is 0 Å². The highest BCUT2D eigenvalue weighted by atomic mass is 16.5. The zero-order chi connectivity index (χ0) is 26.6. The van der Waals surface area contributed by atoms with Gasteiger partial charge in [-0.1, -0.05) is 6.07 Å². The number of rotatable bonds is 4. The molecule has 198 valence electrons. The molecule has 3 aliphatic heterocycles. The van der Waals surface area contributed by atoms with E-state index in [1.807, 2.05) is 36.2 Å². The van der Waals surface area contributed by atoms with Crippen molar-refractivity contribution in [3.05, 3.63) is 58.6 Å². The lowest BCUT2D eigenvalue weighted by Gasteiger charge is -2.36. The van der Waals surface area contributed by atoms with Crippen LogP contribution in [0.15, 0.2) is 41.7 Å². The molecule has 1 fully saturated rings. The second kappa shape index (κ2) is 11.3. The molecule has 4 N–H and O–H groups in total. The number of amides is 2. The Labute approximate surface area is 224 Å². The Kier molecular flexibility index (Phi) is 7.72. The molecule has 1 aromatic heterocycles. The second-order valence-corrected chi connectivity index (χ2v) is 10.3. The Morgan fingerprint density at radius 3 is 2.76 bits per heavy atom. The number of nitrogens with two attached hydrogens (primary N) is 1. The summed E-state index contributed by atoms with van der Waals surface area (Å²) < 4.78 is 5.55. The van der Waals surface area contributed by atoms with Crippen molar-refractivity contribution >= 4 is 17.6 Å². The second-order valence-electron chi connectivity index (χ2n) is 10.3. The molecular weight excluding hydrogens is 478 g/mol. The average Bonchev–Trinajstić information content (AvgIpc) is 2.96. The minimum absolute atomic E-state index is 0.123. The third kappa shape index (κ3) is 5.28. The molecule has 1 aromatic carbocycles. The van der Waals surface area contributed by atoms with E-state index in [1.165, 1.54) is 0 Å². The van der Waals surface area contributed by atoms with E-state index in [-0.39, 0.29) is 6.03 Å². The van der Waals surface area contributed by atoms with Crippen molar-refractivity contribution in [2.24, 2.45) is 0 Å². The number of pyridine rings is 1. The topological polar surface area (TPSA) is 122 Å². The summed E-state index contributed by atoms with van der Waals surface area (Å²) in [6, 6.07) is 10.7. The van der Waals surface area contributed by atoms with E-state index >= 15 is 0 Å². The third-order valence-electron chi connectivity index (χ3n) is 7.83. The van der Waals surface area contributed by atoms with Crippen LogP contribution in [0.4, 0.5) is 10.5 Å². The SMILES string of the molecule is CNC(=O)N1CCC([NH2+]C2CCOCC2)=C(C(=N)N2CCCc3cc(-c4ccc(C)nc4)c(C#N)cc32)C1. The van der Waals surface area contributed by atoms with Crippen molar-refractivity contribution in [2.45, 2.75) is 45.1 Å². The Hall–Kier alpha value is -3.74. The molecule has 0 radical (unpaired) electrons. The number of hydrogen-bond acceptors (Lipinski definition) is 5. The van der Waals surface area contributed by atoms with E-state index in [2.05, 4.69) is 27.8 Å².